The Hall–Kier alpha value is -0.790. The second kappa shape index (κ2) is 6.98. The van der Waals surface area contributed by atoms with E-state index in [1.54, 1.807) is 0 Å². The van der Waals surface area contributed by atoms with Crippen molar-refractivity contribution in [3.63, 3.8) is 0 Å². The molecule has 1 fully saturated rings. The summed E-state index contributed by atoms with van der Waals surface area (Å²) in [6.45, 7) is 7.75. The van der Waals surface area contributed by atoms with Crippen LogP contribution in [0.1, 0.15) is 65.7 Å². The summed E-state index contributed by atoms with van der Waals surface area (Å²) in [7, 11) is 2.00. The molecule has 0 aromatic carbocycles. The number of rotatable bonds is 8. The zero-order valence-electron chi connectivity index (χ0n) is 14.4. The molecule has 1 amide bonds. The van der Waals surface area contributed by atoms with E-state index in [2.05, 4.69) is 32.9 Å². The van der Waals surface area contributed by atoms with Gasteiger partial charge in [0.25, 0.3) is 0 Å². The summed E-state index contributed by atoms with van der Waals surface area (Å²) in [6.07, 6.45) is 12.9. The van der Waals surface area contributed by atoms with Crippen LogP contribution in [0.15, 0.2) is 12.2 Å². The highest BCUT2D eigenvalue weighted by molar-refractivity contribution is 5.76. The first kappa shape index (κ1) is 16.6. The van der Waals surface area contributed by atoms with Gasteiger partial charge in [-0.2, -0.15) is 0 Å². The van der Waals surface area contributed by atoms with Gasteiger partial charge in [-0.1, -0.05) is 52.2 Å². The van der Waals surface area contributed by atoms with Crippen molar-refractivity contribution in [3.8, 4) is 0 Å². The topological polar surface area (TPSA) is 20.3 Å². The Kier molecular flexibility index (Phi) is 5.51. The molecule has 2 heteroatoms. The van der Waals surface area contributed by atoms with Crippen molar-refractivity contribution in [2.24, 2.45) is 23.2 Å². The third kappa shape index (κ3) is 3.90. The second-order valence-electron chi connectivity index (χ2n) is 7.71. The monoisotopic (exact) mass is 291 g/mol. The fourth-order valence-corrected chi connectivity index (χ4v) is 4.28. The molecule has 2 aliphatic carbocycles. The fourth-order valence-electron chi connectivity index (χ4n) is 4.28. The SMILES string of the molecule is CCCCC(CC)CN(C)C(=O)CC1(C)CC2C=CC1C2. The van der Waals surface area contributed by atoms with Gasteiger partial charge >= 0.3 is 0 Å². The molecule has 0 aliphatic heterocycles. The maximum absolute atomic E-state index is 12.6. The van der Waals surface area contributed by atoms with Gasteiger partial charge in [-0.25, -0.2) is 0 Å². The van der Waals surface area contributed by atoms with Crippen LogP contribution in [-0.2, 0) is 4.79 Å². The Morgan fingerprint density at radius 3 is 2.67 bits per heavy atom. The highest BCUT2D eigenvalue weighted by Crippen LogP contribution is 2.53. The summed E-state index contributed by atoms with van der Waals surface area (Å²) in [5.74, 6) is 2.41. The fraction of sp³-hybridized carbons (Fsp3) is 0.842. The van der Waals surface area contributed by atoms with Gasteiger partial charge in [-0.05, 0) is 42.4 Å². The molecular formula is C19H33NO. The van der Waals surface area contributed by atoms with Crippen molar-refractivity contribution in [3.05, 3.63) is 12.2 Å². The van der Waals surface area contributed by atoms with Gasteiger partial charge in [0.05, 0.1) is 0 Å². The highest BCUT2D eigenvalue weighted by Gasteiger charge is 2.46. The Morgan fingerprint density at radius 2 is 2.14 bits per heavy atom. The predicted octanol–water partition coefficient (Wildman–Crippen LogP) is 4.65. The Balaban J connectivity index is 1.83. The lowest BCUT2D eigenvalue weighted by atomic mass is 9.74. The lowest BCUT2D eigenvalue weighted by Crippen LogP contribution is -2.36. The van der Waals surface area contributed by atoms with Crippen LogP contribution in [-0.4, -0.2) is 24.4 Å². The Bertz CT molecular complexity index is 389. The number of nitrogens with zero attached hydrogens (tertiary/aromatic N) is 1. The minimum atomic E-state index is 0.218. The lowest BCUT2D eigenvalue weighted by molar-refractivity contribution is -0.133. The molecule has 0 radical (unpaired) electrons. The van der Waals surface area contributed by atoms with Gasteiger partial charge in [0.1, 0.15) is 0 Å². The minimum absolute atomic E-state index is 0.218. The van der Waals surface area contributed by atoms with Crippen molar-refractivity contribution in [2.75, 3.05) is 13.6 Å². The molecule has 0 heterocycles. The zero-order chi connectivity index (χ0) is 15.5. The Morgan fingerprint density at radius 1 is 1.38 bits per heavy atom. The summed E-state index contributed by atoms with van der Waals surface area (Å²) in [4.78, 5) is 14.6. The number of hydrogen-bond acceptors (Lipinski definition) is 1. The van der Waals surface area contributed by atoms with Crippen molar-refractivity contribution < 1.29 is 4.79 Å². The van der Waals surface area contributed by atoms with E-state index >= 15 is 0 Å². The average molecular weight is 291 g/mol. The first-order chi connectivity index (χ1) is 9.98. The van der Waals surface area contributed by atoms with Crippen LogP contribution in [0.2, 0.25) is 0 Å². The van der Waals surface area contributed by atoms with Gasteiger partial charge in [-0.3, -0.25) is 4.79 Å². The van der Waals surface area contributed by atoms with Crippen molar-refractivity contribution in [1.29, 1.82) is 0 Å². The molecule has 0 aromatic heterocycles. The maximum Gasteiger partial charge on any atom is 0.222 e. The molecule has 2 nitrogen and oxygen atoms in total. The summed E-state index contributed by atoms with van der Waals surface area (Å²) >= 11 is 0. The molecule has 4 unspecified atom stereocenters. The van der Waals surface area contributed by atoms with Crippen LogP contribution in [0.3, 0.4) is 0 Å². The molecule has 0 spiro atoms. The molecule has 0 saturated heterocycles. The van der Waals surface area contributed by atoms with Crippen LogP contribution in [0.4, 0.5) is 0 Å². The van der Waals surface area contributed by atoms with E-state index in [-0.39, 0.29) is 5.41 Å². The summed E-state index contributed by atoms with van der Waals surface area (Å²) in [6, 6.07) is 0. The van der Waals surface area contributed by atoms with Crippen LogP contribution in [0, 0.1) is 23.2 Å². The van der Waals surface area contributed by atoms with Gasteiger partial charge in [0, 0.05) is 20.0 Å². The van der Waals surface area contributed by atoms with E-state index < -0.39 is 0 Å². The number of hydrogen-bond donors (Lipinski definition) is 0. The van der Waals surface area contributed by atoms with Gasteiger partial charge in [0.2, 0.25) is 5.91 Å². The molecule has 2 bridgehead atoms. The number of unbranched alkanes of at least 4 members (excludes halogenated alkanes) is 1. The zero-order valence-corrected chi connectivity index (χ0v) is 14.4. The van der Waals surface area contributed by atoms with Crippen molar-refractivity contribution >= 4 is 5.91 Å². The van der Waals surface area contributed by atoms with Gasteiger partial charge in [0.15, 0.2) is 0 Å². The van der Waals surface area contributed by atoms with E-state index in [1.807, 2.05) is 11.9 Å². The molecule has 0 aromatic rings. The summed E-state index contributed by atoms with van der Waals surface area (Å²) < 4.78 is 0. The van der Waals surface area contributed by atoms with Crippen LogP contribution in [0.5, 0.6) is 0 Å². The van der Waals surface area contributed by atoms with E-state index in [9.17, 15) is 4.79 Å². The molecule has 0 N–H and O–H groups in total. The van der Waals surface area contributed by atoms with Crippen LogP contribution >= 0.6 is 0 Å². The molecule has 21 heavy (non-hydrogen) atoms. The summed E-state index contributed by atoms with van der Waals surface area (Å²) in [5, 5.41) is 0. The third-order valence-corrected chi connectivity index (χ3v) is 5.85. The minimum Gasteiger partial charge on any atom is -0.345 e. The third-order valence-electron chi connectivity index (χ3n) is 5.85. The van der Waals surface area contributed by atoms with Gasteiger partial charge in [-0.15, -0.1) is 0 Å². The van der Waals surface area contributed by atoms with Gasteiger partial charge < -0.3 is 4.90 Å². The molecule has 4 atom stereocenters. The van der Waals surface area contributed by atoms with E-state index in [0.29, 0.717) is 17.7 Å². The number of amides is 1. The molecule has 2 rings (SSSR count). The second-order valence-corrected chi connectivity index (χ2v) is 7.71. The van der Waals surface area contributed by atoms with Crippen LogP contribution < -0.4 is 0 Å². The lowest BCUT2D eigenvalue weighted by Gasteiger charge is -2.33. The standard InChI is InChI=1S/C19H33NO/c1-5-7-8-15(6-2)14-20(4)18(21)13-19(3)12-16-9-10-17(19)11-16/h9-10,15-17H,5-8,11-14H2,1-4H3. The largest absolute Gasteiger partial charge is 0.345 e. The first-order valence-corrected chi connectivity index (χ1v) is 8.90. The van der Waals surface area contributed by atoms with Crippen molar-refractivity contribution in [2.45, 2.75) is 65.7 Å². The number of carbonyl (C=O) groups excluding carboxylic acids is 1. The predicted molar refractivity (Wildman–Crippen MR) is 89.0 cm³/mol. The van der Waals surface area contributed by atoms with E-state index in [1.165, 1.54) is 38.5 Å². The quantitative estimate of drug-likeness (QED) is 0.596. The first-order valence-electron chi connectivity index (χ1n) is 8.90. The Labute approximate surface area is 131 Å². The maximum atomic E-state index is 12.6. The highest BCUT2D eigenvalue weighted by atomic mass is 16.2. The molecule has 1 saturated carbocycles. The molecule has 2 aliphatic rings. The number of allylic oxidation sites excluding steroid dienone is 2. The number of carbonyl (C=O) groups is 1. The molecular weight excluding hydrogens is 258 g/mol. The normalized spacial score (nSPS) is 31.6. The average Bonchev–Trinajstić information content (AvgIpc) is 3.02. The van der Waals surface area contributed by atoms with Crippen LogP contribution in [0.25, 0.3) is 0 Å². The van der Waals surface area contributed by atoms with Crippen molar-refractivity contribution in [1.82, 2.24) is 4.90 Å². The number of fused-ring (bicyclic) bond motifs is 2. The smallest absolute Gasteiger partial charge is 0.222 e. The molecule has 120 valence electrons. The van der Waals surface area contributed by atoms with E-state index in [0.717, 1.165) is 18.9 Å². The van der Waals surface area contributed by atoms with E-state index in [4.69, 9.17) is 0 Å². The summed E-state index contributed by atoms with van der Waals surface area (Å²) in [5.41, 5.74) is 0.218.